The Morgan fingerprint density at radius 2 is 2.04 bits per heavy atom. The molecule has 1 aliphatic rings. The summed E-state index contributed by atoms with van der Waals surface area (Å²) in [5, 5.41) is 10.0. The SMILES string of the molecule is C=C(/C=C/c1ccc(OCCCC)cc1)C1=C(C)CCC=C1O. The van der Waals surface area contributed by atoms with Gasteiger partial charge in [0, 0.05) is 5.57 Å². The summed E-state index contributed by atoms with van der Waals surface area (Å²) in [5.41, 5.74) is 4.01. The van der Waals surface area contributed by atoms with E-state index in [1.54, 1.807) is 0 Å². The average molecular weight is 310 g/mol. The van der Waals surface area contributed by atoms with Gasteiger partial charge in [0.2, 0.25) is 0 Å². The van der Waals surface area contributed by atoms with E-state index in [4.69, 9.17) is 4.74 Å². The quantitative estimate of drug-likeness (QED) is 0.495. The summed E-state index contributed by atoms with van der Waals surface area (Å²) in [5.74, 6) is 1.25. The van der Waals surface area contributed by atoms with Gasteiger partial charge in [-0.2, -0.15) is 0 Å². The normalized spacial score (nSPS) is 15.0. The van der Waals surface area contributed by atoms with Crippen LogP contribution >= 0.6 is 0 Å². The van der Waals surface area contributed by atoms with E-state index in [0.29, 0.717) is 5.76 Å². The first-order chi connectivity index (χ1) is 11.1. The van der Waals surface area contributed by atoms with E-state index in [0.717, 1.165) is 54.7 Å². The highest BCUT2D eigenvalue weighted by Gasteiger charge is 2.13. The highest BCUT2D eigenvalue weighted by molar-refractivity contribution is 5.60. The predicted octanol–water partition coefficient (Wildman–Crippen LogP) is 5.99. The smallest absolute Gasteiger partial charge is 0.119 e. The second kappa shape index (κ2) is 8.42. The number of benzene rings is 1. The molecule has 0 atom stereocenters. The number of aliphatic hydroxyl groups is 1. The maximum absolute atomic E-state index is 10.0. The second-order valence-electron chi connectivity index (χ2n) is 5.91. The monoisotopic (exact) mass is 310 g/mol. The van der Waals surface area contributed by atoms with Crippen LogP contribution in [0.5, 0.6) is 5.75 Å². The van der Waals surface area contributed by atoms with Crippen LogP contribution in [0.4, 0.5) is 0 Å². The van der Waals surface area contributed by atoms with Gasteiger partial charge in [0.25, 0.3) is 0 Å². The van der Waals surface area contributed by atoms with E-state index in [9.17, 15) is 5.11 Å². The number of unbranched alkanes of at least 4 members (excludes halogenated alkanes) is 1. The summed E-state index contributed by atoms with van der Waals surface area (Å²) >= 11 is 0. The van der Waals surface area contributed by atoms with Gasteiger partial charge < -0.3 is 9.84 Å². The zero-order valence-electron chi connectivity index (χ0n) is 14.1. The summed E-state index contributed by atoms with van der Waals surface area (Å²) in [6.45, 7) is 9.07. The summed E-state index contributed by atoms with van der Waals surface area (Å²) < 4.78 is 5.66. The van der Waals surface area contributed by atoms with Crippen LogP contribution in [0.2, 0.25) is 0 Å². The Balaban J connectivity index is 2.00. The fourth-order valence-electron chi connectivity index (χ4n) is 2.60. The molecule has 1 aromatic rings. The molecule has 0 saturated carbocycles. The standard InChI is InChI=1S/C21H26O2/c1-4-5-15-23-19-13-11-18(12-14-19)10-9-17(3)21-16(2)7-6-8-20(21)22/h8-14,22H,3-7,15H2,1-2H3/b10-9+. The average Bonchev–Trinajstić information content (AvgIpc) is 2.54. The molecule has 0 saturated heterocycles. The van der Waals surface area contributed by atoms with E-state index < -0.39 is 0 Å². The zero-order chi connectivity index (χ0) is 16.7. The number of ether oxygens (including phenoxy) is 1. The van der Waals surface area contributed by atoms with Crippen LogP contribution in [0.1, 0.15) is 45.1 Å². The molecule has 1 aromatic carbocycles. The van der Waals surface area contributed by atoms with Crippen LogP contribution in [0.15, 0.2) is 65.5 Å². The summed E-state index contributed by atoms with van der Waals surface area (Å²) in [6, 6.07) is 8.03. The lowest BCUT2D eigenvalue weighted by molar-refractivity contribution is 0.309. The highest BCUT2D eigenvalue weighted by Crippen LogP contribution is 2.29. The third-order valence-electron chi connectivity index (χ3n) is 3.98. The van der Waals surface area contributed by atoms with Crippen molar-refractivity contribution in [1.82, 2.24) is 0 Å². The van der Waals surface area contributed by atoms with Crippen molar-refractivity contribution in [2.75, 3.05) is 6.61 Å². The van der Waals surface area contributed by atoms with Crippen molar-refractivity contribution in [2.24, 2.45) is 0 Å². The highest BCUT2D eigenvalue weighted by atomic mass is 16.5. The van der Waals surface area contributed by atoms with Crippen LogP contribution in [0, 0.1) is 0 Å². The minimum absolute atomic E-state index is 0.350. The minimum Gasteiger partial charge on any atom is -0.508 e. The van der Waals surface area contributed by atoms with Gasteiger partial charge in [-0.3, -0.25) is 0 Å². The molecule has 2 nitrogen and oxygen atoms in total. The molecule has 0 fully saturated rings. The first-order valence-corrected chi connectivity index (χ1v) is 8.31. The van der Waals surface area contributed by atoms with Crippen molar-refractivity contribution in [3.63, 3.8) is 0 Å². The molecule has 0 bridgehead atoms. The van der Waals surface area contributed by atoms with Crippen molar-refractivity contribution in [3.8, 4) is 5.75 Å². The number of allylic oxidation sites excluding steroid dienone is 4. The lowest BCUT2D eigenvalue weighted by Gasteiger charge is -2.16. The van der Waals surface area contributed by atoms with Crippen LogP contribution in [-0.2, 0) is 0 Å². The molecule has 0 amide bonds. The van der Waals surface area contributed by atoms with Gasteiger partial charge in [0.1, 0.15) is 11.5 Å². The van der Waals surface area contributed by atoms with Crippen molar-refractivity contribution >= 4 is 6.08 Å². The maximum Gasteiger partial charge on any atom is 0.119 e. The number of hydrogen-bond donors (Lipinski definition) is 1. The number of aliphatic hydroxyl groups excluding tert-OH is 1. The predicted molar refractivity (Wildman–Crippen MR) is 97.7 cm³/mol. The van der Waals surface area contributed by atoms with Crippen molar-refractivity contribution in [1.29, 1.82) is 0 Å². The molecule has 1 N–H and O–H groups in total. The molecule has 0 spiro atoms. The Bertz CT molecular complexity index is 630. The second-order valence-corrected chi connectivity index (χ2v) is 5.91. The molecule has 0 radical (unpaired) electrons. The van der Waals surface area contributed by atoms with Crippen molar-refractivity contribution in [2.45, 2.75) is 39.5 Å². The maximum atomic E-state index is 10.0. The van der Waals surface area contributed by atoms with Gasteiger partial charge in [0.15, 0.2) is 0 Å². The Morgan fingerprint density at radius 3 is 2.70 bits per heavy atom. The third-order valence-corrected chi connectivity index (χ3v) is 3.98. The van der Waals surface area contributed by atoms with Gasteiger partial charge in [-0.05, 0) is 55.5 Å². The number of hydrogen-bond acceptors (Lipinski definition) is 2. The van der Waals surface area contributed by atoms with Crippen molar-refractivity contribution < 1.29 is 9.84 Å². The Hall–Kier alpha value is -2.22. The Labute approximate surface area is 139 Å². The Kier molecular flexibility index (Phi) is 6.28. The molecular formula is C21H26O2. The largest absolute Gasteiger partial charge is 0.508 e. The summed E-state index contributed by atoms with van der Waals surface area (Å²) in [6.07, 6.45) is 9.94. The lowest BCUT2D eigenvalue weighted by atomic mass is 9.92. The fourth-order valence-corrected chi connectivity index (χ4v) is 2.60. The van der Waals surface area contributed by atoms with E-state index in [1.165, 1.54) is 5.57 Å². The van der Waals surface area contributed by atoms with E-state index in [1.807, 2.05) is 42.5 Å². The molecule has 2 heteroatoms. The van der Waals surface area contributed by atoms with Crippen LogP contribution < -0.4 is 4.74 Å². The van der Waals surface area contributed by atoms with Gasteiger partial charge in [-0.1, -0.05) is 49.8 Å². The number of rotatable bonds is 7. The Morgan fingerprint density at radius 1 is 1.30 bits per heavy atom. The first kappa shape index (κ1) is 17.1. The fraction of sp³-hybridized carbons (Fsp3) is 0.333. The molecule has 23 heavy (non-hydrogen) atoms. The third kappa shape index (κ3) is 4.88. The van der Waals surface area contributed by atoms with Gasteiger partial charge in [0.05, 0.1) is 6.61 Å². The van der Waals surface area contributed by atoms with Crippen LogP contribution in [0.25, 0.3) is 6.08 Å². The van der Waals surface area contributed by atoms with Crippen LogP contribution in [-0.4, -0.2) is 11.7 Å². The van der Waals surface area contributed by atoms with E-state index in [2.05, 4.69) is 20.4 Å². The van der Waals surface area contributed by atoms with Crippen LogP contribution in [0.3, 0.4) is 0 Å². The lowest BCUT2D eigenvalue weighted by Crippen LogP contribution is -2.00. The molecule has 0 heterocycles. The zero-order valence-corrected chi connectivity index (χ0v) is 14.1. The summed E-state index contributed by atoms with van der Waals surface area (Å²) in [7, 11) is 0. The van der Waals surface area contributed by atoms with E-state index >= 15 is 0 Å². The molecule has 0 unspecified atom stereocenters. The molecule has 122 valence electrons. The minimum atomic E-state index is 0.350. The van der Waals surface area contributed by atoms with Gasteiger partial charge in [-0.25, -0.2) is 0 Å². The first-order valence-electron chi connectivity index (χ1n) is 8.31. The van der Waals surface area contributed by atoms with Gasteiger partial charge >= 0.3 is 0 Å². The molecule has 0 aliphatic heterocycles. The molecular weight excluding hydrogens is 284 g/mol. The molecule has 2 rings (SSSR count). The van der Waals surface area contributed by atoms with Crippen molar-refractivity contribution in [3.05, 3.63) is 71.0 Å². The molecule has 0 aromatic heterocycles. The van der Waals surface area contributed by atoms with Gasteiger partial charge in [-0.15, -0.1) is 0 Å². The molecule has 1 aliphatic carbocycles. The summed E-state index contributed by atoms with van der Waals surface area (Å²) in [4.78, 5) is 0. The van der Waals surface area contributed by atoms with E-state index in [-0.39, 0.29) is 0 Å². The topological polar surface area (TPSA) is 29.5 Å².